The maximum absolute atomic E-state index is 12.4. The van der Waals surface area contributed by atoms with E-state index < -0.39 is 5.97 Å². The second-order valence-corrected chi connectivity index (χ2v) is 4.70. The maximum atomic E-state index is 12.4. The van der Waals surface area contributed by atoms with Crippen LogP contribution >= 0.6 is 11.6 Å². The van der Waals surface area contributed by atoms with Crippen molar-refractivity contribution in [2.45, 2.75) is 20.3 Å². The minimum absolute atomic E-state index is 0.0908. The molecule has 2 N–H and O–H groups in total. The quantitative estimate of drug-likeness (QED) is 0.646. The van der Waals surface area contributed by atoms with Crippen molar-refractivity contribution in [1.82, 2.24) is 4.90 Å². The summed E-state index contributed by atoms with van der Waals surface area (Å²) in [5.74, 6) is -0.755. The number of benzene rings is 1. The molecule has 1 rings (SSSR count). The monoisotopic (exact) mass is 298 g/mol. The normalized spacial score (nSPS) is 10.2. The number of hydrogen-bond acceptors (Lipinski definition) is 4. The molecule has 0 saturated carbocycles. The van der Waals surface area contributed by atoms with Gasteiger partial charge in [-0.05, 0) is 31.5 Å². The highest BCUT2D eigenvalue weighted by atomic mass is 35.5. The molecule has 0 spiro atoms. The summed E-state index contributed by atoms with van der Waals surface area (Å²) < 4.78 is 4.87. The van der Waals surface area contributed by atoms with Gasteiger partial charge in [0.25, 0.3) is 5.91 Å². The van der Waals surface area contributed by atoms with Crippen LogP contribution in [0.2, 0.25) is 5.02 Å². The average molecular weight is 299 g/mol. The van der Waals surface area contributed by atoms with Gasteiger partial charge in [0.1, 0.15) is 6.54 Å². The van der Waals surface area contributed by atoms with Crippen molar-refractivity contribution in [1.29, 1.82) is 0 Å². The van der Waals surface area contributed by atoms with Gasteiger partial charge in [-0.1, -0.05) is 18.5 Å². The molecule has 0 heterocycles. The third kappa shape index (κ3) is 4.42. The Morgan fingerprint density at radius 3 is 2.65 bits per heavy atom. The number of nitrogens with two attached hydrogens (primary N) is 1. The maximum Gasteiger partial charge on any atom is 0.325 e. The van der Waals surface area contributed by atoms with E-state index in [1.165, 1.54) is 11.0 Å². The standard InChI is InChI=1S/C14H19ClN2O3/c1-3-7-17(9-13(18)20-4-2)14(19)11-8-10(15)5-6-12(11)16/h5-6,8H,3-4,7,9,16H2,1-2H3. The van der Waals surface area contributed by atoms with Crippen LogP contribution in [0.25, 0.3) is 0 Å². The highest BCUT2D eigenvalue weighted by Crippen LogP contribution is 2.19. The first-order chi connectivity index (χ1) is 9.49. The zero-order valence-electron chi connectivity index (χ0n) is 11.7. The van der Waals surface area contributed by atoms with E-state index in [0.717, 1.165) is 6.42 Å². The fourth-order valence-corrected chi connectivity index (χ4v) is 1.94. The summed E-state index contributed by atoms with van der Waals surface area (Å²) in [5, 5.41) is 0.426. The molecule has 0 aliphatic heterocycles. The Labute approximate surface area is 123 Å². The van der Waals surface area contributed by atoms with Gasteiger partial charge < -0.3 is 15.4 Å². The molecule has 1 aromatic rings. The van der Waals surface area contributed by atoms with Crippen molar-refractivity contribution in [2.75, 3.05) is 25.4 Å². The molecule has 0 atom stereocenters. The number of amides is 1. The number of nitrogens with zero attached hydrogens (tertiary/aromatic N) is 1. The summed E-state index contributed by atoms with van der Waals surface area (Å²) >= 11 is 5.88. The van der Waals surface area contributed by atoms with E-state index in [1.54, 1.807) is 19.1 Å². The molecule has 0 saturated heterocycles. The predicted molar refractivity (Wildman–Crippen MR) is 78.7 cm³/mol. The molecule has 1 aromatic carbocycles. The van der Waals surface area contributed by atoms with Gasteiger partial charge >= 0.3 is 5.97 Å². The molecule has 110 valence electrons. The number of carbonyl (C=O) groups excluding carboxylic acids is 2. The van der Waals surface area contributed by atoms with Gasteiger partial charge in [0.2, 0.25) is 0 Å². The summed E-state index contributed by atoms with van der Waals surface area (Å²) in [6, 6.07) is 4.69. The van der Waals surface area contributed by atoms with E-state index in [1.807, 2.05) is 6.92 Å². The Hall–Kier alpha value is -1.75. The summed E-state index contributed by atoms with van der Waals surface area (Å²) in [6.45, 7) is 4.29. The topological polar surface area (TPSA) is 72.6 Å². The van der Waals surface area contributed by atoms with E-state index in [4.69, 9.17) is 22.1 Å². The number of hydrogen-bond donors (Lipinski definition) is 1. The Morgan fingerprint density at radius 1 is 1.35 bits per heavy atom. The van der Waals surface area contributed by atoms with Crippen molar-refractivity contribution < 1.29 is 14.3 Å². The molecule has 5 nitrogen and oxygen atoms in total. The van der Waals surface area contributed by atoms with Crippen molar-refractivity contribution >= 4 is 29.2 Å². The molecule has 20 heavy (non-hydrogen) atoms. The lowest BCUT2D eigenvalue weighted by atomic mass is 10.1. The third-order valence-electron chi connectivity index (χ3n) is 2.65. The molecule has 0 aliphatic carbocycles. The van der Waals surface area contributed by atoms with Crippen LogP contribution in [0.15, 0.2) is 18.2 Å². The first-order valence-electron chi connectivity index (χ1n) is 6.49. The molecule has 0 aliphatic rings. The molecule has 0 fully saturated rings. The van der Waals surface area contributed by atoms with Crippen LogP contribution in [0.5, 0.6) is 0 Å². The van der Waals surface area contributed by atoms with Gasteiger partial charge in [-0.25, -0.2) is 0 Å². The summed E-state index contributed by atoms with van der Waals surface area (Å²) in [7, 11) is 0. The van der Waals surface area contributed by atoms with Gasteiger partial charge in [0.05, 0.1) is 12.2 Å². The molecule has 6 heteroatoms. The van der Waals surface area contributed by atoms with Crippen molar-refractivity contribution in [2.24, 2.45) is 0 Å². The minimum atomic E-state index is -0.435. The lowest BCUT2D eigenvalue weighted by Crippen LogP contribution is -2.37. The van der Waals surface area contributed by atoms with Crippen LogP contribution < -0.4 is 5.73 Å². The van der Waals surface area contributed by atoms with E-state index >= 15 is 0 Å². The van der Waals surface area contributed by atoms with Crippen molar-refractivity contribution in [3.05, 3.63) is 28.8 Å². The number of esters is 1. The van der Waals surface area contributed by atoms with Crippen LogP contribution in [0.3, 0.4) is 0 Å². The third-order valence-corrected chi connectivity index (χ3v) is 2.89. The highest BCUT2D eigenvalue weighted by molar-refractivity contribution is 6.31. The zero-order valence-corrected chi connectivity index (χ0v) is 12.4. The molecular formula is C14H19ClN2O3. The van der Waals surface area contributed by atoms with E-state index in [-0.39, 0.29) is 19.1 Å². The lowest BCUT2D eigenvalue weighted by Gasteiger charge is -2.21. The predicted octanol–water partition coefficient (Wildman–Crippen LogP) is 2.34. The molecule has 0 unspecified atom stereocenters. The van der Waals surface area contributed by atoms with E-state index in [2.05, 4.69) is 0 Å². The molecule has 1 amide bonds. The molecular weight excluding hydrogens is 280 g/mol. The number of halogens is 1. The Kier molecular flexibility index (Phi) is 6.31. The van der Waals surface area contributed by atoms with Crippen LogP contribution in [-0.2, 0) is 9.53 Å². The van der Waals surface area contributed by atoms with Crippen LogP contribution in [0.4, 0.5) is 5.69 Å². The van der Waals surface area contributed by atoms with Gasteiger partial charge in [-0.2, -0.15) is 0 Å². The second-order valence-electron chi connectivity index (χ2n) is 4.26. The number of ether oxygens (including phenoxy) is 1. The van der Waals surface area contributed by atoms with E-state index in [9.17, 15) is 9.59 Å². The van der Waals surface area contributed by atoms with Gasteiger partial charge in [-0.3, -0.25) is 9.59 Å². The first kappa shape index (κ1) is 16.3. The fraction of sp³-hybridized carbons (Fsp3) is 0.429. The number of rotatable bonds is 6. The van der Waals surface area contributed by atoms with Crippen LogP contribution in [-0.4, -0.2) is 36.5 Å². The van der Waals surface area contributed by atoms with Gasteiger partial charge in [-0.15, -0.1) is 0 Å². The lowest BCUT2D eigenvalue weighted by molar-refractivity contribution is -0.143. The summed E-state index contributed by atoms with van der Waals surface area (Å²) in [6.07, 6.45) is 0.728. The zero-order chi connectivity index (χ0) is 15.1. The van der Waals surface area contributed by atoms with Crippen LogP contribution in [0, 0.1) is 0 Å². The largest absolute Gasteiger partial charge is 0.465 e. The average Bonchev–Trinajstić information content (AvgIpc) is 2.40. The summed E-state index contributed by atoms with van der Waals surface area (Å²) in [5.41, 5.74) is 6.43. The number of carbonyl (C=O) groups is 2. The van der Waals surface area contributed by atoms with Crippen LogP contribution in [0.1, 0.15) is 30.6 Å². The number of nitrogen functional groups attached to an aromatic ring is 1. The van der Waals surface area contributed by atoms with E-state index in [0.29, 0.717) is 22.8 Å². The molecule has 0 aromatic heterocycles. The number of anilines is 1. The van der Waals surface area contributed by atoms with Crippen molar-refractivity contribution in [3.63, 3.8) is 0 Å². The summed E-state index contributed by atoms with van der Waals surface area (Å²) in [4.78, 5) is 25.4. The highest BCUT2D eigenvalue weighted by Gasteiger charge is 2.20. The Morgan fingerprint density at radius 2 is 2.05 bits per heavy atom. The smallest absolute Gasteiger partial charge is 0.325 e. The fourth-order valence-electron chi connectivity index (χ4n) is 1.77. The van der Waals surface area contributed by atoms with Gasteiger partial charge in [0.15, 0.2) is 0 Å². The van der Waals surface area contributed by atoms with Gasteiger partial charge in [0, 0.05) is 17.3 Å². The molecule has 0 bridgehead atoms. The Balaban J connectivity index is 2.93. The SMILES string of the molecule is CCCN(CC(=O)OCC)C(=O)c1cc(Cl)ccc1N. The van der Waals surface area contributed by atoms with Crippen molar-refractivity contribution in [3.8, 4) is 0 Å². The first-order valence-corrected chi connectivity index (χ1v) is 6.87. The minimum Gasteiger partial charge on any atom is -0.465 e. The molecule has 0 radical (unpaired) electrons. The second kappa shape index (κ2) is 7.75. The Bertz CT molecular complexity index is 491.